The van der Waals surface area contributed by atoms with E-state index in [2.05, 4.69) is 21.3 Å². The minimum absolute atomic E-state index is 0.108. The first-order valence-electron chi connectivity index (χ1n) is 7.74. The number of rotatable bonds is 3. The molecular formula is C18H19AsClNO5. The summed E-state index contributed by atoms with van der Waals surface area (Å²) in [6, 6.07) is 14.0. The van der Waals surface area contributed by atoms with Crippen LogP contribution in [0.25, 0.3) is 10.8 Å². The minimum Gasteiger partial charge on any atom is -0.0837 e. The summed E-state index contributed by atoms with van der Waals surface area (Å²) in [5, 5.41) is 13.9. The SMILES string of the molecule is CC(=O)NC1([As](=O)(O)OO)C=CC=CC1.Clc1cccc2ccccc12. The van der Waals surface area contributed by atoms with Crippen LogP contribution in [-0.4, -0.2) is 33.8 Å². The Labute approximate surface area is 159 Å². The van der Waals surface area contributed by atoms with Gasteiger partial charge in [0.05, 0.1) is 0 Å². The fraction of sp³-hybridized carbons (Fsp3) is 0.167. The molecule has 0 saturated heterocycles. The monoisotopic (exact) mass is 439 g/mol. The molecule has 1 amide bonds. The molecule has 0 bridgehead atoms. The van der Waals surface area contributed by atoms with Crippen molar-refractivity contribution >= 4 is 42.5 Å². The van der Waals surface area contributed by atoms with E-state index in [0.29, 0.717) is 0 Å². The molecule has 2 unspecified atom stereocenters. The maximum atomic E-state index is 11.6. The number of nitrogens with one attached hydrogen (secondary N) is 1. The van der Waals surface area contributed by atoms with Crippen LogP contribution in [0.1, 0.15) is 13.3 Å². The first-order valence-corrected chi connectivity index (χ1v) is 11.4. The third-order valence-electron chi connectivity index (χ3n) is 3.79. The molecule has 0 saturated carbocycles. The van der Waals surface area contributed by atoms with Gasteiger partial charge in [-0.3, -0.25) is 0 Å². The number of carbonyl (C=O) groups excluding carboxylic acids is 1. The van der Waals surface area contributed by atoms with Crippen molar-refractivity contribution in [3.8, 4) is 0 Å². The van der Waals surface area contributed by atoms with Crippen LogP contribution < -0.4 is 5.32 Å². The summed E-state index contributed by atoms with van der Waals surface area (Å²) in [6.45, 7) is 1.22. The predicted octanol–water partition coefficient (Wildman–Crippen LogP) is 3.26. The second-order valence-corrected chi connectivity index (χ2v) is 10.3. The van der Waals surface area contributed by atoms with Crippen molar-refractivity contribution in [2.24, 2.45) is 0 Å². The number of hydrogen-bond acceptors (Lipinski definition) is 4. The molecule has 138 valence electrons. The van der Waals surface area contributed by atoms with E-state index in [1.54, 1.807) is 12.2 Å². The zero-order chi connectivity index (χ0) is 19.2. The van der Waals surface area contributed by atoms with E-state index < -0.39 is 24.4 Å². The summed E-state index contributed by atoms with van der Waals surface area (Å²) in [4.78, 5) is 11.0. The van der Waals surface area contributed by atoms with Crippen LogP contribution >= 0.6 is 11.6 Å². The molecule has 2 atom stereocenters. The maximum absolute atomic E-state index is 11.6. The number of hydrogen-bond donors (Lipinski definition) is 3. The Morgan fingerprint density at radius 3 is 2.50 bits per heavy atom. The maximum Gasteiger partial charge on any atom is 0.0484 e. The van der Waals surface area contributed by atoms with Crippen molar-refractivity contribution in [2.75, 3.05) is 0 Å². The zero-order valence-corrected chi connectivity index (χ0v) is 16.6. The molecule has 6 nitrogen and oxygen atoms in total. The van der Waals surface area contributed by atoms with Gasteiger partial charge >= 0.3 is 89.1 Å². The van der Waals surface area contributed by atoms with E-state index >= 15 is 0 Å². The van der Waals surface area contributed by atoms with Crippen LogP contribution in [0, 0.1) is 0 Å². The van der Waals surface area contributed by atoms with Crippen molar-refractivity contribution in [3.05, 3.63) is 71.8 Å². The Hall–Kier alpha value is -1.82. The number of halogens is 1. The van der Waals surface area contributed by atoms with E-state index in [0.717, 1.165) is 10.4 Å². The van der Waals surface area contributed by atoms with E-state index in [1.807, 2.05) is 30.3 Å². The summed E-state index contributed by atoms with van der Waals surface area (Å²) in [6.07, 6.45) is 6.26. The molecule has 8 heteroatoms. The molecule has 0 aliphatic heterocycles. The number of allylic oxidation sites excluding steroid dienone is 2. The number of amides is 1. The summed E-state index contributed by atoms with van der Waals surface area (Å²) >= 11 is 0.940. The van der Waals surface area contributed by atoms with Gasteiger partial charge in [-0.25, -0.2) is 0 Å². The van der Waals surface area contributed by atoms with Crippen LogP contribution in [0.4, 0.5) is 0 Å². The summed E-state index contributed by atoms with van der Waals surface area (Å²) in [5.74, 6) is -0.470. The Morgan fingerprint density at radius 2 is 1.92 bits per heavy atom. The van der Waals surface area contributed by atoms with Gasteiger partial charge in [-0.2, -0.15) is 0 Å². The fourth-order valence-corrected chi connectivity index (χ4v) is 5.00. The third kappa shape index (κ3) is 4.66. The molecule has 0 radical (unpaired) electrons. The number of carbonyl (C=O) groups is 1. The van der Waals surface area contributed by atoms with Crippen molar-refractivity contribution in [3.63, 3.8) is 0 Å². The van der Waals surface area contributed by atoms with Crippen molar-refractivity contribution in [2.45, 2.75) is 17.7 Å². The average molecular weight is 440 g/mol. The first kappa shape index (κ1) is 20.5. The Bertz CT molecular complexity index is 893. The Morgan fingerprint density at radius 1 is 1.23 bits per heavy atom. The molecular weight excluding hydrogens is 421 g/mol. The quantitative estimate of drug-likeness (QED) is 0.387. The molecule has 2 aromatic rings. The molecule has 0 aromatic heterocycles. The van der Waals surface area contributed by atoms with Gasteiger partial charge in [0.25, 0.3) is 0 Å². The van der Waals surface area contributed by atoms with Gasteiger partial charge in [-0.1, -0.05) is 48.0 Å². The molecule has 0 fully saturated rings. The van der Waals surface area contributed by atoms with E-state index in [9.17, 15) is 12.6 Å². The fourth-order valence-electron chi connectivity index (χ4n) is 2.55. The second kappa shape index (κ2) is 8.71. The van der Waals surface area contributed by atoms with Gasteiger partial charge in [0.1, 0.15) is 0 Å². The minimum atomic E-state index is -5.02. The molecule has 1 aliphatic rings. The van der Waals surface area contributed by atoms with Crippen LogP contribution in [0.5, 0.6) is 0 Å². The van der Waals surface area contributed by atoms with Gasteiger partial charge in [-0.15, -0.1) is 0 Å². The zero-order valence-electron chi connectivity index (χ0n) is 14.0. The van der Waals surface area contributed by atoms with Crippen LogP contribution in [0.3, 0.4) is 0 Å². The summed E-state index contributed by atoms with van der Waals surface area (Å²) in [7, 11) is 0. The van der Waals surface area contributed by atoms with Gasteiger partial charge in [0, 0.05) is 10.4 Å². The molecule has 3 rings (SSSR count). The van der Waals surface area contributed by atoms with Crippen LogP contribution in [0.2, 0.25) is 5.02 Å². The largest absolute Gasteiger partial charge is 0.0837 e. The Balaban J connectivity index is 0.000000195. The first-order chi connectivity index (χ1) is 12.3. The normalized spacial score (nSPS) is 20.8. The number of fused-ring (bicyclic) bond motifs is 1. The molecule has 3 N–H and O–H groups in total. The van der Waals surface area contributed by atoms with Gasteiger partial charge < -0.3 is 0 Å². The average Bonchev–Trinajstić information content (AvgIpc) is 2.63. The van der Waals surface area contributed by atoms with Crippen molar-refractivity contribution < 1.29 is 21.8 Å². The van der Waals surface area contributed by atoms with Crippen LogP contribution in [0.15, 0.2) is 66.8 Å². The predicted molar refractivity (Wildman–Crippen MR) is 101 cm³/mol. The van der Waals surface area contributed by atoms with E-state index in [1.165, 1.54) is 24.5 Å². The van der Waals surface area contributed by atoms with E-state index in [4.69, 9.17) is 16.9 Å². The van der Waals surface area contributed by atoms with Gasteiger partial charge in [-0.05, 0) is 11.5 Å². The van der Waals surface area contributed by atoms with Crippen molar-refractivity contribution in [1.82, 2.24) is 5.32 Å². The van der Waals surface area contributed by atoms with Crippen LogP contribution in [-0.2, 0) is 12.4 Å². The molecule has 1 aliphatic carbocycles. The summed E-state index contributed by atoms with van der Waals surface area (Å²) < 4.78 is 23.3. The van der Waals surface area contributed by atoms with Gasteiger partial charge in [0.15, 0.2) is 0 Å². The molecule has 2 aromatic carbocycles. The smallest absolute Gasteiger partial charge is 0.0484 e. The third-order valence-corrected chi connectivity index (χ3v) is 7.63. The summed E-state index contributed by atoms with van der Waals surface area (Å²) in [5.41, 5.74) is 0. The van der Waals surface area contributed by atoms with E-state index in [-0.39, 0.29) is 6.42 Å². The second-order valence-electron chi connectivity index (χ2n) is 5.66. The topological polar surface area (TPSA) is 95.9 Å². The standard InChI is InChI=1S/C10H7Cl.C8H12AsNO5/c11-10-7-3-5-8-4-1-2-6-9(8)10;1-7(11)10-8(9(12,13)15-14)5-3-2-4-6-8/h1-7H;2-5,14H,6H2,1H3,(H,10,11)(H,12,13). The Kier molecular flexibility index (Phi) is 6.86. The number of benzene rings is 2. The van der Waals surface area contributed by atoms with Crippen molar-refractivity contribution in [1.29, 1.82) is 0 Å². The molecule has 0 spiro atoms. The van der Waals surface area contributed by atoms with Gasteiger partial charge in [0.2, 0.25) is 0 Å². The molecule has 26 heavy (non-hydrogen) atoms. The molecule has 0 heterocycles.